The summed E-state index contributed by atoms with van der Waals surface area (Å²) in [5.74, 6) is -0.727. The van der Waals surface area contributed by atoms with E-state index in [1.807, 2.05) is 5.38 Å². The van der Waals surface area contributed by atoms with Gasteiger partial charge in [0.2, 0.25) is 5.89 Å². The van der Waals surface area contributed by atoms with E-state index in [-0.39, 0.29) is 18.3 Å². The molecule has 0 radical (unpaired) electrons. The van der Waals surface area contributed by atoms with Crippen molar-refractivity contribution in [1.82, 2.24) is 14.8 Å². The molecule has 0 fully saturated rings. The summed E-state index contributed by atoms with van der Waals surface area (Å²) in [5, 5.41) is 7.11. The first-order chi connectivity index (χ1) is 10.7. The second-order valence-corrected chi connectivity index (χ2v) is 5.76. The normalized spacial score (nSPS) is 11.0. The van der Waals surface area contributed by atoms with Gasteiger partial charge in [0.15, 0.2) is 0 Å². The molecule has 0 aliphatic rings. The summed E-state index contributed by atoms with van der Waals surface area (Å²) in [5.41, 5.74) is 1.34. The van der Waals surface area contributed by atoms with Gasteiger partial charge >= 0.3 is 5.76 Å². The third-order valence-corrected chi connectivity index (χ3v) is 4.03. The second kappa shape index (κ2) is 6.23. The van der Waals surface area contributed by atoms with Crippen molar-refractivity contribution >= 4 is 11.3 Å². The zero-order valence-corrected chi connectivity index (χ0v) is 12.8. The molecule has 5 nitrogen and oxygen atoms in total. The van der Waals surface area contributed by atoms with Crippen molar-refractivity contribution in [3.63, 3.8) is 0 Å². The zero-order valence-electron chi connectivity index (χ0n) is 12.0. The molecule has 0 aliphatic heterocycles. The van der Waals surface area contributed by atoms with Gasteiger partial charge in [0.1, 0.15) is 5.82 Å². The number of halogens is 1. The first-order valence-corrected chi connectivity index (χ1v) is 7.81. The molecule has 0 amide bonds. The van der Waals surface area contributed by atoms with Gasteiger partial charge in [-0.25, -0.2) is 14.2 Å². The maximum Gasteiger partial charge on any atom is 0.437 e. The average molecular weight is 319 g/mol. The Morgan fingerprint density at radius 2 is 2.09 bits per heavy atom. The molecule has 0 N–H and O–H groups in total. The quantitative estimate of drug-likeness (QED) is 0.725. The SMILES string of the molecule is CCCc1nc(Cn2nc(-c3ccc(F)cc3)oc2=O)cs1. The highest BCUT2D eigenvalue weighted by molar-refractivity contribution is 7.09. The lowest BCUT2D eigenvalue weighted by Crippen LogP contribution is -2.16. The number of nitrogens with zero attached hydrogens (tertiary/aromatic N) is 3. The highest BCUT2D eigenvalue weighted by Gasteiger charge is 2.12. The molecule has 0 spiro atoms. The van der Waals surface area contributed by atoms with Crippen LogP contribution < -0.4 is 5.76 Å². The van der Waals surface area contributed by atoms with E-state index in [1.165, 1.54) is 28.9 Å². The molecular formula is C15H14FN3O2S. The van der Waals surface area contributed by atoms with Gasteiger partial charge in [0.25, 0.3) is 0 Å². The van der Waals surface area contributed by atoms with E-state index in [1.54, 1.807) is 11.3 Å². The van der Waals surface area contributed by atoms with Gasteiger partial charge in [0.05, 0.1) is 17.2 Å². The summed E-state index contributed by atoms with van der Waals surface area (Å²) in [6.07, 6.45) is 1.96. The summed E-state index contributed by atoms with van der Waals surface area (Å²) in [7, 11) is 0. The highest BCUT2D eigenvalue weighted by Crippen LogP contribution is 2.16. The molecule has 22 heavy (non-hydrogen) atoms. The van der Waals surface area contributed by atoms with Gasteiger partial charge < -0.3 is 4.42 Å². The smallest absolute Gasteiger partial charge is 0.388 e. The van der Waals surface area contributed by atoms with E-state index in [0.29, 0.717) is 5.56 Å². The van der Waals surface area contributed by atoms with Gasteiger partial charge in [-0.05, 0) is 37.1 Å². The number of aromatic nitrogens is 3. The van der Waals surface area contributed by atoms with Crippen LogP contribution in [0.5, 0.6) is 0 Å². The standard InChI is InChI=1S/C15H14FN3O2S/c1-2-3-13-17-12(9-22-13)8-19-15(20)21-14(18-19)10-4-6-11(16)7-5-10/h4-7,9H,2-3,8H2,1H3. The molecule has 0 bridgehead atoms. The molecule has 0 atom stereocenters. The lowest BCUT2D eigenvalue weighted by Gasteiger charge is -1.95. The van der Waals surface area contributed by atoms with Crippen LogP contribution in [0.1, 0.15) is 24.0 Å². The lowest BCUT2D eigenvalue weighted by molar-refractivity contribution is 0.493. The molecular weight excluding hydrogens is 305 g/mol. The van der Waals surface area contributed by atoms with E-state index in [0.717, 1.165) is 23.5 Å². The van der Waals surface area contributed by atoms with Crippen molar-refractivity contribution in [1.29, 1.82) is 0 Å². The molecule has 7 heteroatoms. The summed E-state index contributed by atoms with van der Waals surface area (Å²) < 4.78 is 19.3. The molecule has 3 rings (SSSR count). The summed E-state index contributed by atoms with van der Waals surface area (Å²) in [6, 6.07) is 5.64. The molecule has 2 aromatic heterocycles. The fourth-order valence-corrected chi connectivity index (χ4v) is 2.91. The topological polar surface area (TPSA) is 60.9 Å². The Morgan fingerprint density at radius 3 is 2.82 bits per heavy atom. The Morgan fingerprint density at radius 1 is 1.32 bits per heavy atom. The molecule has 0 saturated heterocycles. The van der Waals surface area contributed by atoms with Gasteiger partial charge in [-0.3, -0.25) is 0 Å². The van der Waals surface area contributed by atoms with Crippen molar-refractivity contribution in [3.8, 4) is 11.5 Å². The number of hydrogen-bond donors (Lipinski definition) is 0. The Labute approximate surface area is 130 Å². The van der Waals surface area contributed by atoms with E-state index in [2.05, 4.69) is 17.0 Å². The highest BCUT2D eigenvalue weighted by atomic mass is 32.1. The number of rotatable bonds is 5. The van der Waals surface area contributed by atoms with Crippen LogP contribution in [-0.2, 0) is 13.0 Å². The first-order valence-electron chi connectivity index (χ1n) is 6.93. The molecule has 0 saturated carbocycles. The van der Waals surface area contributed by atoms with Crippen LogP contribution in [0.15, 0.2) is 38.9 Å². The van der Waals surface area contributed by atoms with E-state index in [4.69, 9.17) is 4.42 Å². The Kier molecular flexibility index (Phi) is 4.15. The predicted octanol–water partition coefficient (Wildman–Crippen LogP) is 3.10. The maximum atomic E-state index is 12.9. The van der Waals surface area contributed by atoms with Crippen molar-refractivity contribution in [3.05, 3.63) is 56.7 Å². The molecule has 114 valence electrons. The van der Waals surface area contributed by atoms with Crippen LogP contribution in [0.25, 0.3) is 11.5 Å². The van der Waals surface area contributed by atoms with Crippen LogP contribution >= 0.6 is 11.3 Å². The Hall–Kier alpha value is -2.28. The average Bonchev–Trinajstić information content (AvgIpc) is 3.08. The minimum Gasteiger partial charge on any atom is -0.388 e. The van der Waals surface area contributed by atoms with Crippen LogP contribution in [0.2, 0.25) is 0 Å². The Balaban J connectivity index is 1.82. The maximum absolute atomic E-state index is 12.9. The number of hydrogen-bond acceptors (Lipinski definition) is 5. The van der Waals surface area contributed by atoms with Crippen molar-refractivity contribution in [2.24, 2.45) is 0 Å². The largest absolute Gasteiger partial charge is 0.437 e. The fraction of sp³-hybridized carbons (Fsp3) is 0.267. The molecule has 2 heterocycles. The molecule has 0 unspecified atom stereocenters. The third kappa shape index (κ3) is 3.14. The van der Waals surface area contributed by atoms with Crippen molar-refractivity contribution < 1.29 is 8.81 Å². The van der Waals surface area contributed by atoms with E-state index in [9.17, 15) is 9.18 Å². The predicted molar refractivity (Wildman–Crippen MR) is 81.4 cm³/mol. The number of aryl methyl sites for hydroxylation is 1. The second-order valence-electron chi connectivity index (χ2n) is 4.82. The van der Waals surface area contributed by atoms with Gasteiger partial charge in [-0.1, -0.05) is 6.92 Å². The van der Waals surface area contributed by atoms with Crippen LogP contribution in [0.3, 0.4) is 0 Å². The molecule has 1 aromatic carbocycles. The van der Waals surface area contributed by atoms with E-state index >= 15 is 0 Å². The zero-order chi connectivity index (χ0) is 15.5. The van der Waals surface area contributed by atoms with Crippen LogP contribution in [-0.4, -0.2) is 14.8 Å². The van der Waals surface area contributed by atoms with Gasteiger partial charge in [0, 0.05) is 10.9 Å². The summed E-state index contributed by atoms with van der Waals surface area (Å²) >= 11 is 1.58. The van der Waals surface area contributed by atoms with Crippen LogP contribution in [0.4, 0.5) is 4.39 Å². The summed E-state index contributed by atoms with van der Waals surface area (Å²) in [4.78, 5) is 16.3. The minimum absolute atomic E-state index is 0.175. The fourth-order valence-electron chi connectivity index (χ4n) is 2.02. The minimum atomic E-state index is -0.552. The van der Waals surface area contributed by atoms with Crippen LogP contribution in [0, 0.1) is 5.82 Å². The van der Waals surface area contributed by atoms with Crippen molar-refractivity contribution in [2.75, 3.05) is 0 Å². The summed E-state index contributed by atoms with van der Waals surface area (Å²) in [6.45, 7) is 2.36. The lowest BCUT2D eigenvalue weighted by atomic mass is 10.2. The first kappa shape index (κ1) is 14.6. The molecule has 3 aromatic rings. The number of benzene rings is 1. The van der Waals surface area contributed by atoms with Gasteiger partial charge in [-0.2, -0.15) is 4.68 Å². The Bertz CT molecular complexity index is 820. The third-order valence-electron chi connectivity index (χ3n) is 3.07. The monoisotopic (exact) mass is 319 g/mol. The molecule has 0 aliphatic carbocycles. The number of thiazole rings is 1. The van der Waals surface area contributed by atoms with Crippen molar-refractivity contribution in [2.45, 2.75) is 26.3 Å². The van der Waals surface area contributed by atoms with Gasteiger partial charge in [-0.15, -0.1) is 16.4 Å². The van der Waals surface area contributed by atoms with E-state index < -0.39 is 5.76 Å².